The van der Waals surface area contributed by atoms with E-state index in [1.165, 1.54) is 0 Å². The highest BCUT2D eigenvalue weighted by molar-refractivity contribution is 7.89. The smallest absolute Gasteiger partial charge is 0.241 e. The fourth-order valence-electron chi connectivity index (χ4n) is 2.96. The zero-order chi connectivity index (χ0) is 19.2. The Morgan fingerprint density at radius 3 is 2.46 bits per heavy atom. The Bertz CT molecular complexity index is 822. The van der Waals surface area contributed by atoms with Crippen molar-refractivity contribution >= 4 is 15.9 Å². The van der Waals surface area contributed by atoms with Crippen LogP contribution in [-0.2, 0) is 21.4 Å². The van der Waals surface area contributed by atoms with Crippen LogP contribution < -0.4 is 10.0 Å². The molecule has 1 aromatic heterocycles. The average molecular weight is 378 g/mol. The number of nitrogens with zero attached hydrogens (tertiary/aromatic N) is 2. The van der Waals surface area contributed by atoms with Crippen LogP contribution in [-0.4, -0.2) is 37.0 Å². The Morgan fingerprint density at radius 2 is 1.85 bits per heavy atom. The second-order valence-electron chi connectivity index (χ2n) is 6.38. The first-order chi connectivity index (χ1) is 12.3. The Labute approximate surface area is 154 Å². The Hall–Kier alpha value is -2.19. The van der Waals surface area contributed by atoms with Crippen LogP contribution in [0.1, 0.15) is 29.5 Å². The minimum atomic E-state index is -3.63. The molecule has 0 saturated heterocycles. The van der Waals surface area contributed by atoms with Crippen molar-refractivity contribution in [1.82, 2.24) is 19.6 Å². The van der Waals surface area contributed by atoms with Gasteiger partial charge in [0.25, 0.3) is 0 Å². The molecule has 0 saturated carbocycles. The molecule has 0 aliphatic heterocycles. The molecular formula is C18H26N4O3S. The maximum atomic E-state index is 12.5. The summed E-state index contributed by atoms with van der Waals surface area (Å²) in [7, 11) is -3.63. The first-order valence-electron chi connectivity index (χ1n) is 8.59. The summed E-state index contributed by atoms with van der Waals surface area (Å²) in [5.74, 6) is -0.171. The Balaban J connectivity index is 1.76. The number of hydrogen-bond donors (Lipinski definition) is 2. The van der Waals surface area contributed by atoms with Gasteiger partial charge in [0.1, 0.15) is 0 Å². The van der Waals surface area contributed by atoms with E-state index in [2.05, 4.69) is 15.0 Å². The zero-order valence-electron chi connectivity index (χ0n) is 15.4. The van der Waals surface area contributed by atoms with Crippen LogP contribution in [0.3, 0.4) is 0 Å². The lowest BCUT2D eigenvalue weighted by Crippen LogP contribution is -2.32. The molecule has 0 spiro atoms. The minimum absolute atomic E-state index is 0.0719. The van der Waals surface area contributed by atoms with Crippen LogP contribution >= 0.6 is 0 Å². The third-order valence-corrected chi connectivity index (χ3v) is 5.76. The number of nitrogens with one attached hydrogen (secondary N) is 2. The van der Waals surface area contributed by atoms with E-state index in [0.717, 1.165) is 18.5 Å². The largest absolute Gasteiger partial charge is 0.356 e. The predicted molar refractivity (Wildman–Crippen MR) is 100 cm³/mol. The van der Waals surface area contributed by atoms with E-state index in [4.69, 9.17) is 0 Å². The van der Waals surface area contributed by atoms with Gasteiger partial charge in [-0.2, -0.15) is 0 Å². The first kappa shape index (κ1) is 20.1. The number of imidazole rings is 1. The summed E-state index contributed by atoms with van der Waals surface area (Å²) in [6.45, 7) is 6.88. The molecule has 0 aliphatic carbocycles. The summed E-state index contributed by atoms with van der Waals surface area (Å²) in [6.07, 6.45) is 6.20. The monoisotopic (exact) mass is 378 g/mol. The topological polar surface area (TPSA) is 93.1 Å². The van der Waals surface area contributed by atoms with Crippen LogP contribution in [0.5, 0.6) is 0 Å². The summed E-state index contributed by atoms with van der Waals surface area (Å²) in [5, 5.41) is 2.79. The molecule has 1 amide bonds. The van der Waals surface area contributed by atoms with E-state index in [1.807, 2.05) is 29.8 Å². The van der Waals surface area contributed by atoms with E-state index in [-0.39, 0.29) is 18.9 Å². The molecule has 2 N–H and O–H groups in total. The maximum Gasteiger partial charge on any atom is 0.241 e. The van der Waals surface area contributed by atoms with Crippen molar-refractivity contribution in [3.05, 3.63) is 47.5 Å². The van der Waals surface area contributed by atoms with Crippen molar-refractivity contribution in [3.63, 3.8) is 0 Å². The number of sulfonamides is 1. The fourth-order valence-corrected chi connectivity index (χ4v) is 4.44. The molecule has 2 rings (SSSR count). The number of aromatic nitrogens is 2. The van der Waals surface area contributed by atoms with Gasteiger partial charge in [0.05, 0.1) is 11.2 Å². The SMILES string of the molecule is Cc1cc(C)c(S(=O)(=O)NCCC(=O)NCCCn2ccnc2)c(C)c1. The van der Waals surface area contributed by atoms with Crippen molar-refractivity contribution < 1.29 is 13.2 Å². The molecule has 26 heavy (non-hydrogen) atoms. The zero-order valence-corrected chi connectivity index (χ0v) is 16.3. The van der Waals surface area contributed by atoms with E-state index in [1.54, 1.807) is 26.4 Å². The third kappa shape index (κ3) is 5.67. The number of hydrogen-bond acceptors (Lipinski definition) is 4. The molecule has 0 fully saturated rings. The van der Waals surface area contributed by atoms with Gasteiger partial charge in [-0.25, -0.2) is 18.1 Å². The van der Waals surface area contributed by atoms with Gasteiger partial charge in [-0.3, -0.25) is 4.79 Å². The van der Waals surface area contributed by atoms with Crippen LogP contribution in [0.15, 0.2) is 35.7 Å². The van der Waals surface area contributed by atoms with Gasteiger partial charge in [0.15, 0.2) is 0 Å². The molecule has 0 aliphatic rings. The predicted octanol–water partition coefficient (Wildman–Crippen LogP) is 1.68. The minimum Gasteiger partial charge on any atom is -0.356 e. The fraction of sp³-hybridized carbons (Fsp3) is 0.444. The van der Waals surface area contributed by atoms with E-state index in [0.29, 0.717) is 22.6 Å². The summed E-state index contributed by atoms with van der Waals surface area (Å²) in [4.78, 5) is 16.1. The van der Waals surface area contributed by atoms with Crippen molar-refractivity contribution in [2.24, 2.45) is 0 Å². The molecular weight excluding hydrogens is 352 g/mol. The van der Waals surface area contributed by atoms with Crippen molar-refractivity contribution in [1.29, 1.82) is 0 Å². The van der Waals surface area contributed by atoms with Gasteiger partial charge < -0.3 is 9.88 Å². The number of carbonyl (C=O) groups is 1. The lowest BCUT2D eigenvalue weighted by atomic mass is 10.1. The molecule has 1 heterocycles. The summed E-state index contributed by atoms with van der Waals surface area (Å²) >= 11 is 0. The third-order valence-electron chi connectivity index (χ3n) is 3.99. The highest BCUT2D eigenvalue weighted by Crippen LogP contribution is 2.21. The average Bonchev–Trinajstić information content (AvgIpc) is 3.03. The van der Waals surface area contributed by atoms with Gasteiger partial charge in [0.2, 0.25) is 15.9 Å². The van der Waals surface area contributed by atoms with Crippen LogP contribution in [0, 0.1) is 20.8 Å². The summed E-state index contributed by atoms with van der Waals surface area (Å²) < 4.78 is 29.5. The number of amides is 1. The van der Waals surface area contributed by atoms with E-state index >= 15 is 0 Å². The molecule has 1 aromatic carbocycles. The van der Waals surface area contributed by atoms with Crippen LogP contribution in [0.2, 0.25) is 0 Å². The number of rotatable bonds is 9. The highest BCUT2D eigenvalue weighted by atomic mass is 32.2. The van der Waals surface area contributed by atoms with Crippen LogP contribution in [0.25, 0.3) is 0 Å². The molecule has 0 bridgehead atoms. The molecule has 7 nitrogen and oxygen atoms in total. The quantitative estimate of drug-likeness (QED) is 0.649. The molecule has 8 heteroatoms. The van der Waals surface area contributed by atoms with Gasteiger partial charge in [-0.1, -0.05) is 17.7 Å². The maximum absolute atomic E-state index is 12.5. The molecule has 0 atom stereocenters. The summed E-state index contributed by atoms with van der Waals surface area (Å²) in [6, 6.07) is 3.68. The Morgan fingerprint density at radius 1 is 1.15 bits per heavy atom. The van der Waals surface area contributed by atoms with E-state index < -0.39 is 10.0 Å². The van der Waals surface area contributed by atoms with Crippen LogP contribution in [0.4, 0.5) is 0 Å². The molecule has 142 valence electrons. The van der Waals surface area contributed by atoms with Gasteiger partial charge in [-0.05, 0) is 38.3 Å². The van der Waals surface area contributed by atoms with Crippen molar-refractivity contribution in [3.8, 4) is 0 Å². The number of aryl methyl sites for hydroxylation is 4. The molecule has 0 unspecified atom stereocenters. The van der Waals surface area contributed by atoms with Crippen molar-refractivity contribution in [2.75, 3.05) is 13.1 Å². The molecule has 2 aromatic rings. The van der Waals surface area contributed by atoms with Gasteiger partial charge in [-0.15, -0.1) is 0 Å². The standard InChI is InChI=1S/C18H26N4O3S/c1-14-11-15(2)18(16(3)12-14)26(24,25)21-7-5-17(23)20-6-4-9-22-10-8-19-13-22/h8,10-13,21H,4-7,9H2,1-3H3,(H,20,23). The van der Waals surface area contributed by atoms with Gasteiger partial charge in [0, 0.05) is 38.4 Å². The van der Waals surface area contributed by atoms with E-state index in [9.17, 15) is 13.2 Å². The second kappa shape index (κ2) is 8.95. The lowest BCUT2D eigenvalue weighted by molar-refractivity contribution is -0.120. The molecule has 0 radical (unpaired) electrons. The lowest BCUT2D eigenvalue weighted by Gasteiger charge is -2.13. The highest BCUT2D eigenvalue weighted by Gasteiger charge is 2.19. The number of benzene rings is 1. The number of carbonyl (C=O) groups excluding carboxylic acids is 1. The second-order valence-corrected chi connectivity index (χ2v) is 8.08. The Kier molecular flexibility index (Phi) is 6.93. The first-order valence-corrected chi connectivity index (χ1v) is 10.1. The van der Waals surface area contributed by atoms with Gasteiger partial charge >= 0.3 is 0 Å². The normalized spacial score (nSPS) is 11.5. The van der Waals surface area contributed by atoms with Crippen molar-refractivity contribution in [2.45, 2.75) is 45.1 Å². The summed E-state index contributed by atoms with van der Waals surface area (Å²) in [5.41, 5.74) is 2.44.